The molecule has 0 spiro atoms. The zero-order chi connectivity index (χ0) is 27.9. The van der Waals surface area contributed by atoms with E-state index in [-0.39, 0.29) is 0 Å². The summed E-state index contributed by atoms with van der Waals surface area (Å²) in [5.74, 6) is 3.58. The van der Waals surface area contributed by atoms with Crippen molar-refractivity contribution in [2.45, 2.75) is 37.0 Å². The molecule has 0 unspecified atom stereocenters. The van der Waals surface area contributed by atoms with Crippen LogP contribution in [-0.2, 0) is 0 Å². The highest BCUT2D eigenvalue weighted by atomic mass is 31.1. The largest absolute Gasteiger partial charge is 0.497 e. The Morgan fingerprint density at radius 3 is 0.825 bits per heavy atom. The summed E-state index contributed by atoms with van der Waals surface area (Å²) >= 11 is 0. The fourth-order valence-corrected chi connectivity index (χ4v) is 12.4. The quantitative estimate of drug-likeness (QED) is 0.201. The molecular formula is C34H38O4P2. The minimum atomic E-state index is -0.619. The molecule has 1 aliphatic rings. The first-order chi connectivity index (χ1) is 19.6. The van der Waals surface area contributed by atoms with E-state index < -0.39 is 15.8 Å². The summed E-state index contributed by atoms with van der Waals surface area (Å²) in [6.45, 7) is 0. The Balaban J connectivity index is 1.62. The molecule has 4 aromatic carbocycles. The lowest BCUT2D eigenvalue weighted by Crippen LogP contribution is -2.37. The van der Waals surface area contributed by atoms with Crippen molar-refractivity contribution in [1.29, 1.82) is 0 Å². The standard InChI is InChI=1S/C34H38O4P2/c1-35-25-9-17-29(18-10-25)39(30-19-11-26(36-2)12-20-30)33-7-5-6-8-34(33)40(31-21-13-27(37-3)14-22-31)32-23-15-28(38-4)16-24-32/h9-24,33-34H,5-8H2,1-4H3/t33-,34-/m1/s1. The molecule has 5 rings (SSSR count). The lowest BCUT2D eigenvalue weighted by molar-refractivity contribution is 0.415. The molecule has 0 heterocycles. The average molecular weight is 573 g/mol. The first kappa shape index (κ1) is 28.5. The number of benzene rings is 4. The summed E-state index contributed by atoms with van der Waals surface area (Å²) in [5, 5.41) is 5.60. The Morgan fingerprint density at radius 1 is 0.400 bits per heavy atom. The highest BCUT2D eigenvalue weighted by Crippen LogP contribution is 2.56. The summed E-state index contributed by atoms with van der Waals surface area (Å²) in [7, 11) is 5.69. The number of ether oxygens (including phenoxy) is 4. The molecule has 0 bridgehead atoms. The Morgan fingerprint density at radius 2 is 0.625 bits per heavy atom. The molecule has 0 amide bonds. The summed E-state index contributed by atoms with van der Waals surface area (Å²) in [6, 6.07) is 35.2. The number of hydrogen-bond acceptors (Lipinski definition) is 4. The fraction of sp³-hybridized carbons (Fsp3) is 0.294. The fourth-order valence-electron chi connectivity index (χ4n) is 5.73. The summed E-state index contributed by atoms with van der Waals surface area (Å²) in [6.07, 6.45) is 4.97. The third-order valence-electron chi connectivity index (χ3n) is 7.76. The molecule has 1 saturated carbocycles. The lowest BCUT2D eigenvalue weighted by Gasteiger charge is -2.42. The van der Waals surface area contributed by atoms with Crippen LogP contribution >= 0.6 is 15.8 Å². The highest BCUT2D eigenvalue weighted by Gasteiger charge is 2.39. The van der Waals surface area contributed by atoms with Gasteiger partial charge in [0.1, 0.15) is 23.0 Å². The maximum atomic E-state index is 5.52. The highest BCUT2D eigenvalue weighted by molar-refractivity contribution is 7.77. The van der Waals surface area contributed by atoms with Gasteiger partial charge in [0.25, 0.3) is 0 Å². The van der Waals surface area contributed by atoms with Crippen LogP contribution in [0.4, 0.5) is 0 Å². The van der Waals surface area contributed by atoms with Gasteiger partial charge in [0.2, 0.25) is 0 Å². The van der Waals surface area contributed by atoms with Crippen LogP contribution in [0.15, 0.2) is 97.1 Å². The van der Waals surface area contributed by atoms with E-state index in [0.717, 1.165) is 23.0 Å². The Hall–Kier alpha value is -3.06. The van der Waals surface area contributed by atoms with E-state index in [0.29, 0.717) is 11.3 Å². The molecule has 2 atom stereocenters. The van der Waals surface area contributed by atoms with Crippen molar-refractivity contribution in [2.75, 3.05) is 28.4 Å². The molecule has 0 saturated heterocycles. The molecule has 4 nitrogen and oxygen atoms in total. The average Bonchev–Trinajstić information content (AvgIpc) is 3.03. The van der Waals surface area contributed by atoms with Gasteiger partial charge in [-0.05, 0) is 110 Å². The monoisotopic (exact) mass is 572 g/mol. The molecule has 4 aromatic rings. The number of hydrogen-bond donors (Lipinski definition) is 0. The first-order valence-corrected chi connectivity index (χ1v) is 16.6. The van der Waals surface area contributed by atoms with Gasteiger partial charge in [0.15, 0.2) is 0 Å². The Labute approximate surface area is 241 Å². The van der Waals surface area contributed by atoms with Gasteiger partial charge in [0.05, 0.1) is 28.4 Å². The Bertz CT molecular complexity index is 1140. The van der Waals surface area contributed by atoms with Gasteiger partial charge >= 0.3 is 0 Å². The molecule has 0 aliphatic heterocycles. The maximum Gasteiger partial charge on any atom is 0.118 e. The summed E-state index contributed by atoms with van der Waals surface area (Å²) in [4.78, 5) is 0. The van der Waals surface area contributed by atoms with Crippen molar-refractivity contribution in [3.8, 4) is 23.0 Å². The van der Waals surface area contributed by atoms with E-state index >= 15 is 0 Å². The SMILES string of the molecule is COc1ccc(P(c2ccc(OC)cc2)[C@@H]2CCCC[C@H]2P(c2ccc(OC)cc2)c2ccc(OC)cc2)cc1. The molecule has 1 fully saturated rings. The molecule has 40 heavy (non-hydrogen) atoms. The van der Waals surface area contributed by atoms with Crippen molar-refractivity contribution in [3.63, 3.8) is 0 Å². The van der Waals surface area contributed by atoms with E-state index in [4.69, 9.17) is 18.9 Å². The Kier molecular flexibility index (Phi) is 9.63. The van der Waals surface area contributed by atoms with Crippen LogP contribution in [0.3, 0.4) is 0 Å². The van der Waals surface area contributed by atoms with Gasteiger partial charge in [-0.2, -0.15) is 0 Å². The van der Waals surface area contributed by atoms with Crippen LogP contribution < -0.4 is 40.2 Å². The van der Waals surface area contributed by atoms with E-state index in [9.17, 15) is 0 Å². The van der Waals surface area contributed by atoms with E-state index in [2.05, 4.69) is 97.1 Å². The minimum absolute atomic E-state index is 0.542. The summed E-state index contributed by atoms with van der Waals surface area (Å²) < 4.78 is 22.1. The van der Waals surface area contributed by atoms with Crippen LogP contribution in [0.2, 0.25) is 0 Å². The smallest absolute Gasteiger partial charge is 0.118 e. The predicted octanol–water partition coefficient (Wildman–Crippen LogP) is 6.60. The van der Waals surface area contributed by atoms with Gasteiger partial charge in [-0.15, -0.1) is 0 Å². The van der Waals surface area contributed by atoms with Gasteiger partial charge in [-0.3, -0.25) is 0 Å². The molecule has 0 aromatic heterocycles. The molecule has 0 N–H and O–H groups in total. The maximum absolute atomic E-state index is 5.52. The first-order valence-electron chi connectivity index (χ1n) is 13.8. The topological polar surface area (TPSA) is 36.9 Å². The zero-order valence-electron chi connectivity index (χ0n) is 23.7. The third kappa shape index (κ3) is 6.30. The molecular weight excluding hydrogens is 534 g/mol. The summed E-state index contributed by atoms with van der Waals surface area (Å²) in [5.41, 5.74) is 1.08. The van der Waals surface area contributed by atoms with Crippen molar-refractivity contribution in [1.82, 2.24) is 0 Å². The van der Waals surface area contributed by atoms with E-state index in [1.807, 2.05) is 0 Å². The van der Waals surface area contributed by atoms with Crippen molar-refractivity contribution < 1.29 is 18.9 Å². The molecule has 6 heteroatoms. The molecule has 0 radical (unpaired) electrons. The van der Waals surface area contributed by atoms with Crippen LogP contribution in [-0.4, -0.2) is 39.8 Å². The second-order valence-corrected chi connectivity index (χ2v) is 14.8. The van der Waals surface area contributed by atoms with Crippen LogP contribution in [0, 0.1) is 0 Å². The van der Waals surface area contributed by atoms with Crippen molar-refractivity contribution in [2.24, 2.45) is 0 Å². The van der Waals surface area contributed by atoms with Crippen molar-refractivity contribution >= 4 is 37.1 Å². The van der Waals surface area contributed by atoms with E-state index in [1.54, 1.807) is 28.4 Å². The van der Waals surface area contributed by atoms with Gasteiger partial charge in [-0.1, -0.05) is 61.4 Å². The van der Waals surface area contributed by atoms with Crippen LogP contribution in [0.25, 0.3) is 0 Å². The number of rotatable bonds is 10. The molecule has 208 valence electrons. The lowest BCUT2D eigenvalue weighted by atomic mass is 9.99. The zero-order valence-corrected chi connectivity index (χ0v) is 25.5. The normalized spacial score (nSPS) is 17.1. The number of methoxy groups -OCH3 is 4. The molecule has 1 aliphatic carbocycles. The second kappa shape index (κ2) is 13.5. The second-order valence-electron chi connectivity index (χ2n) is 9.95. The third-order valence-corrected chi connectivity index (χ3v) is 14.0. The van der Waals surface area contributed by atoms with Gasteiger partial charge in [-0.25, -0.2) is 0 Å². The van der Waals surface area contributed by atoms with Gasteiger partial charge in [0, 0.05) is 0 Å². The van der Waals surface area contributed by atoms with Crippen LogP contribution in [0.5, 0.6) is 23.0 Å². The minimum Gasteiger partial charge on any atom is -0.497 e. The van der Waals surface area contributed by atoms with Crippen LogP contribution in [0.1, 0.15) is 25.7 Å². The van der Waals surface area contributed by atoms with E-state index in [1.165, 1.54) is 46.9 Å². The van der Waals surface area contributed by atoms with Gasteiger partial charge < -0.3 is 18.9 Å². The van der Waals surface area contributed by atoms with Crippen molar-refractivity contribution in [3.05, 3.63) is 97.1 Å². The predicted molar refractivity (Wildman–Crippen MR) is 170 cm³/mol.